The molecule has 1 heteroatoms. The summed E-state index contributed by atoms with van der Waals surface area (Å²) in [7, 11) is 0. The van der Waals surface area contributed by atoms with E-state index < -0.39 is 0 Å². The molecule has 2 aromatic carbocycles. The van der Waals surface area contributed by atoms with Crippen LogP contribution in [-0.2, 0) is 0 Å². The van der Waals surface area contributed by atoms with Crippen LogP contribution in [0.4, 0.5) is 0 Å². The first-order valence-corrected chi connectivity index (χ1v) is 7.68. The highest BCUT2D eigenvalue weighted by Gasteiger charge is 2.42. The monoisotopic (exact) mass is 300 g/mol. The summed E-state index contributed by atoms with van der Waals surface area (Å²) in [6.07, 6.45) is 1.35. The lowest BCUT2D eigenvalue weighted by atomic mass is 9.86. The molecule has 0 bridgehead atoms. The minimum Gasteiger partial charge on any atom is -0.0925 e. The van der Waals surface area contributed by atoms with E-state index in [2.05, 4.69) is 76.6 Å². The van der Waals surface area contributed by atoms with Gasteiger partial charge in [-0.1, -0.05) is 76.6 Å². The zero-order chi connectivity index (χ0) is 12.4. The van der Waals surface area contributed by atoms with E-state index in [0.717, 1.165) is 17.2 Å². The van der Waals surface area contributed by atoms with Crippen molar-refractivity contribution in [3.8, 4) is 0 Å². The van der Waals surface area contributed by atoms with Gasteiger partial charge in [-0.3, -0.25) is 0 Å². The van der Waals surface area contributed by atoms with E-state index >= 15 is 0 Å². The molecule has 3 rings (SSSR count). The highest BCUT2D eigenvalue weighted by Crippen LogP contribution is 2.51. The summed E-state index contributed by atoms with van der Waals surface area (Å²) in [5.74, 6) is 2.21. The maximum atomic E-state index is 3.63. The summed E-state index contributed by atoms with van der Waals surface area (Å²) in [6, 6.07) is 21.9. The van der Waals surface area contributed by atoms with Gasteiger partial charge in [0, 0.05) is 11.2 Å². The summed E-state index contributed by atoms with van der Waals surface area (Å²) >= 11 is 3.63. The van der Waals surface area contributed by atoms with Gasteiger partial charge in [-0.25, -0.2) is 0 Å². The highest BCUT2D eigenvalue weighted by molar-refractivity contribution is 9.09. The first-order valence-electron chi connectivity index (χ1n) is 6.56. The van der Waals surface area contributed by atoms with Crippen molar-refractivity contribution in [3.05, 3.63) is 71.8 Å². The standard InChI is InChI=1S/C17H17Br/c18-12-15-11-16(15)17(13-7-3-1-4-8-13)14-9-5-2-6-10-14/h1-10,15-17H,11-12H2. The van der Waals surface area contributed by atoms with Crippen molar-refractivity contribution in [2.45, 2.75) is 12.3 Å². The number of hydrogen-bond acceptors (Lipinski definition) is 0. The van der Waals surface area contributed by atoms with Crippen LogP contribution in [0, 0.1) is 11.8 Å². The summed E-state index contributed by atoms with van der Waals surface area (Å²) in [5.41, 5.74) is 2.91. The van der Waals surface area contributed by atoms with Gasteiger partial charge >= 0.3 is 0 Å². The number of benzene rings is 2. The van der Waals surface area contributed by atoms with Crippen LogP contribution in [0.15, 0.2) is 60.7 Å². The van der Waals surface area contributed by atoms with Crippen LogP contribution in [0.1, 0.15) is 23.5 Å². The van der Waals surface area contributed by atoms with Crippen LogP contribution < -0.4 is 0 Å². The van der Waals surface area contributed by atoms with Crippen molar-refractivity contribution in [2.75, 3.05) is 5.33 Å². The Labute approximate surface area is 117 Å². The fourth-order valence-electron chi connectivity index (χ4n) is 2.86. The number of hydrogen-bond donors (Lipinski definition) is 0. The van der Waals surface area contributed by atoms with Crippen LogP contribution in [-0.4, -0.2) is 5.33 Å². The predicted octanol–water partition coefficient (Wildman–Crippen LogP) is 4.85. The van der Waals surface area contributed by atoms with Crippen molar-refractivity contribution in [3.63, 3.8) is 0 Å². The Morgan fingerprint density at radius 2 is 1.39 bits per heavy atom. The third-order valence-corrected chi connectivity index (χ3v) is 4.75. The molecule has 0 spiro atoms. The van der Waals surface area contributed by atoms with E-state index in [-0.39, 0.29) is 0 Å². The molecular weight excluding hydrogens is 284 g/mol. The Balaban J connectivity index is 1.95. The third-order valence-electron chi connectivity index (χ3n) is 3.92. The second-order valence-electron chi connectivity index (χ2n) is 5.11. The average molecular weight is 301 g/mol. The van der Waals surface area contributed by atoms with Crippen LogP contribution >= 0.6 is 15.9 Å². The SMILES string of the molecule is BrCC1CC1C(c1ccccc1)c1ccccc1. The molecule has 0 saturated heterocycles. The molecule has 92 valence electrons. The second-order valence-corrected chi connectivity index (χ2v) is 5.76. The maximum Gasteiger partial charge on any atom is 0.0121 e. The molecule has 0 N–H and O–H groups in total. The lowest BCUT2D eigenvalue weighted by molar-refractivity contribution is 0.657. The van der Waals surface area contributed by atoms with Gasteiger partial charge in [-0.15, -0.1) is 0 Å². The zero-order valence-electron chi connectivity index (χ0n) is 10.3. The first kappa shape index (κ1) is 12.0. The van der Waals surface area contributed by atoms with E-state index in [9.17, 15) is 0 Å². The van der Waals surface area contributed by atoms with Crippen LogP contribution in [0.25, 0.3) is 0 Å². The Hall–Kier alpha value is -1.08. The molecule has 2 aromatic rings. The molecule has 2 atom stereocenters. The van der Waals surface area contributed by atoms with Gasteiger partial charge in [0.15, 0.2) is 0 Å². The van der Waals surface area contributed by atoms with Crippen molar-refractivity contribution >= 4 is 15.9 Å². The quantitative estimate of drug-likeness (QED) is 0.708. The van der Waals surface area contributed by atoms with Gasteiger partial charge in [0.25, 0.3) is 0 Å². The minimum absolute atomic E-state index is 0.565. The molecule has 0 aromatic heterocycles. The van der Waals surface area contributed by atoms with Crippen LogP contribution in [0.3, 0.4) is 0 Å². The van der Waals surface area contributed by atoms with E-state index in [1.807, 2.05) is 0 Å². The Morgan fingerprint density at radius 1 is 0.889 bits per heavy atom. The van der Waals surface area contributed by atoms with Crippen molar-refractivity contribution in [1.82, 2.24) is 0 Å². The molecule has 0 aliphatic heterocycles. The van der Waals surface area contributed by atoms with Crippen molar-refractivity contribution in [1.29, 1.82) is 0 Å². The fraction of sp³-hybridized carbons (Fsp3) is 0.294. The maximum absolute atomic E-state index is 3.63. The minimum atomic E-state index is 0.565. The van der Waals surface area contributed by atoms with Crippen molar-refractivity contribution in [2.24, 2.45) is 11.8 Å². The average Bonchev–Trinajstić information content (AvgIpc) is 3.21. The molecule has 1 saturated carbocycles. The van der Waals surface area contributed by atoms with Crippen LogP contribution in [0.5, 0.6) is 0 Å². The summed E-state index contributed by atoms with van der Waals surface area (Å²) < 4.78 is 0. The normalized spacial score (nSPS) is 22.1. The fourth-order valence-corrected chi connectivity index (χ4v) is 3.61. The first-order chi connectivity index (χ1) is 8.90. The number of halogens is 1. The van der Waals surface area contributed by atoms with Gasteiger partial charge in [0.1, 0.15) is 0 Å². The number of alkyl halides is 1. The second kappa shape index (κ2) is 5.27. The van der Waals surface area contributed by atoms with Gasteiger partial charge in [-0.05, 0) is 29.4 Å². The summed E-state index contributed by atoms with van der Waals surface area (Å²) in [5, 5.41) is 1.13. The molecule has 1 fully saturated rings. The Kier molecular flexibility index (Phi) is 3.51. The molecular formula is C17H17Br. The topological polar surface area (TPSA) is 0 Å². The lowest BCUT2D eigenvalue weighted by Gasteiger charge is -2.18. The highest BCUT2D eigenvalue weighted by atomic mass is 79.9. The van der Waals surface area contributed by atoms with Gasteiger partial charge in [0.2, 0.25) is 0 Å². The van der Waals surface area contributed by atoms with E-state index in [0.29, 0.717) is 5.92 Å². The molecule has 0 amide bonds. The van der Waals surface area contributed by atoms with Crippen LogP contribution in [0.2, 0.25) is 0 Å². The molecule has 0 heterocycles. The van der Waals surface area contributed by atoms with Gasteiger partial charge in [0.05, 0.1) is 0 Å². The molecule has 18 heavy (non-hydrogen) atoms. The van der Waals surface area contributed by atoms with E-state index in [4.69, 9.17) is 0 Å². The zero-order valence-corrected chi connectivity index (χ0v) is 11.9. The van der Waals surface area contributed by atoms with Crippen molar-refractivity contribution < 1.29 is 0 Å². The van der Waals surface area contributed by atoms with Gasteiger partial charge in [-0.2, -0.15) is 0 Å². The Bertz CT molecular complexity index is 452. The predicted molar refractivity (Wildman–Crippen MR) is 80.1 cm³/mol. The largest absolute Gasteiger partial charge is 0.0925 e. The lowest BCUT2D eigenvalue weighted by Crippen LogP contribution is -2.05. The molecule has 1 aliphatic carbocycles. The molecule has 1 aliphatic rings. The summed E-state index contributed by atoms with van der Waals surface area (Å²) in [4.78, 5) is 0. The molecule has 0 radical (unpaired) electrons. The summed E-state index contributed by atoms with van der Waals surface area (Å²) in [6.45, 7) is 0. The smallest absolute Gasteiger partial charge is 0.0121 e. The van der Waals surface area contributed by atoms with E-state index in [1.165, 1.54) is 17.5 Å². The number of rotatable bonds is 4. The van der Waals surface area contributed by atoms with E-state index in [1.54, 1.807) is 0 Å². The molecule has 0 nitrogen and oxygen atoms in total. The molecule has 2 unspecified atom stereocenters. The Morgan fingerprint density at radius 3 is 1.78 bits per heavy atom. The third kappa shape index (κ3) is 2.37. The van der Waals surface area contributed by atoms with Gasteiger partial charge < -0.3 is 0 Å².